The van der Waals surface area contributed by atoms with Crippen LogP contribution in [-0.4, -0.2) is 31.3 Å². The number of nitrogens with one attached hydrogen (secondary N) is 1. The number of benzene rings is 1. The SMILES string of the molecule is COc1ccc(CNCCOC2CCCC2)cc1[N+](=O)[O-]. The second kappa shape index (κ2) is 7.95. The Kier molecular flexibility index (Phi) is 5.95. The summed E-state index contributed by atoms with van der Waals surface area (Å²) in [6.45, 7) is 2.01. The maximum Gasteiger partial charge on any atom is 0.311 e. The van der Waals surface area contributed by atoms with Crippen molar-refractivity contribution in [3.05, 3.63) is 33.9 Å². The molecule has 0 unspecified atom stereocenters. The van der Waals surface area contributed by atoms with Gasteiger partial charge in [0.1, 0.15) is 0 Å². The lowest BCUT2D eigenvalue weighted by Gasteiger charge is -2.11. The number of hydrogen-bond acceptors (Lipinski definition) is 5. The highest BCUT2D eigenvalue weighted by atomic mass is 16.6. The zero-order chi connectivity index (χ0) is 15.1. The number of rotatable bonds is 8. The lowest BCUT2D eigenvalue weighted by Crippen LogP contribution is -2.21. The minimum Gasteiger partial charge on any atom is -0.490 e. The molecule has 1 N–H and O–H groups in total. The predicted molar refractivity (Wildman–Crippen MR) is 79.6 cm³/mol. The summed E-state index contributed by atoms with van der Waals surface area (Å²) in [5, 5.41) is 14.2. The van der Waals surface area contributed by atoms with Crippen molar-refractivity contribution in [3.63, 3.8) is 0 Å². The number of nitrogens with zero attached hydrogens (tertiary/aromatic N) is 1. The van der Waals surface area contributed by atoms with Crippen LogP contribution < -0.4 is 10.1 Å². The first-order valence-corrected chi connectivity index (χ1v) is 7.34. The van der Waals surface area contributed by atoms with Crippen LogP contribution in [0.3, 0.4) is 0 Å². The number of nitro benzene ring substituents is 1. The molecule has 0 atom stereocenters. The molecule has 6 heteroatoms. The van der Waals surface area contributed by atoms with Crippen molar-refractivity contribution in [2.24, 2.45) is 0 Å². The Balaban J connectivity index is 1.74. The van der Waals surface area contributed by atoms with Gasteiger partial charge in [-0.25, -0.2) is 0 Å². The van der Waals surface area contributed by atoms with Gasteiger partial charge >= 0.3 is 5.69 Å². The van der Waals surface area contributed by atoms with E-state index in [1.807, 2.05) is 6.07 Å². The molecule has 0 bridgehead atoms. The molecular formula is C15H22N2O4. The van der Waals surface area contributed by atoms with Crippen molar-refractivity contribution >= 4 is 5.69 Å². The van der Waals surface area contributed by atoms with Crippen molar-refractivity contribution in [1.82, 2.24) is 5.32 Å². The molecule has 0 heterocycles. The first-order chi connectivity index (χ1) is 10.2. The second-order valence-electron chi connectivity index (χ2n) is 5.22. The molecule has 0 saturated heterocycles. The highest BCUT2D eigenvalue weighted by Crippen LogP contribution is 2.27. The van der Waals surface area contributed by atoms with Crippen LogP contribution in [0.25, 0.3) is 0 Å². The normalized spacial score (nSPS) is 15.3. The fourth-order valence-corrected chi connectivity index (χ4v) is 2.57. The van der Waals surface area contributed by atoms with Gasteiger partial charge < -0.3 is 14.8 Å². The summed E-state index contributed by atoms with van der Waals surface area (Å²) in [7, 11) is 1.43. The van der Waals surface area contributed by atoms with Gasteiger partial charge in [0.05, 0.1) is 24.7 Å². The summed E-state index contributed by atoms with van der Waals surface area (Å²) in [5.74, 6) is 0.285. The first kappa shape index (κ1) is 15.7. The molecule has 1 saturated carbocycles. The molecule has 21 heavy (non-hydrogen) atoms. The van der Waals surface area contributed by atoms with Gasteiger partial charge in [-0.15, -0.1) is 0 Å². The van der Waals surface area contributed by atoms with Crippen LogP contribution in [0.15, 0.2) is 18.2 Å². The molecule has 0 aliphatic heterocycles. The van der Waals surface area contributed by atoms with Gasteiger partial charge in [0.2, 0.25) is 0 Å². The Morgan fingerprint density at radius 1 is 1.38 bits per heavy atom. The van der Waals surface area contributed by atoms with Gasteiger partial charge in [-0.3, -0.25) is 10.1 Å². The number of ether oxygens (including phenoxy) is 2. The van der Waals surface area contributed by atoms with E-state index in [1.165, 1.54) is 32.8 Å². The van der Waals surface area contributed by atoms with Crippen molar-refractivity contribution in [3.8, 4) is 5.75 Å². The molecule has 1 aliphatic rings. The fourth-order valence-electron chi connectivity index (χ4n) is 2.57. The van der Waals surface area contributed by atoms with Gasteiger partial charge in [0.25, 0.3) is 0 Å². The summed E-state index contributed by atoms with van der Waals surface area (Å²) < 4.78 is 10.7. The summed E-state index contributed by atoms with van der Waals surface area (Å²) in [5.41, 5.74) is 0.863. The van der Waals surface area contributed by atoms with Gasteiger partial charge in [-0.05, 0) is 24.5 Å². The van der Waals surface area contributed by atoms with Crippen LogP contribution in [-0.2, 0) is 11.3 Å². The largest absolute Gasteiger partial charge is 0.490 e. The molecule has 0 aromatic heterocycles. The highest BCUT2D eigenvalue weighted by Gasteiger charge is 2.16. The molecular weight excluding hydrogens is 272 g/mol. The zero-order valence-corrected chi connectivity index (χ0v) is 12.3. The van der Waals surface area contributed by atoms with Crippen LogP contribution in [0.2, 0.25) is 0 Å². The van der Waals surface area contributed by atoms with Gasteiger partial charge in [-0.1, -0.05) is 18.9 Å². The molecule has 0 radical (unpaired) electrons. The Morgan fingerprint density at radius 2 is 2.14 bits per heavy atom. The average Bonchev–Trinajstić information content (AvgIpc) is 3.00. The van der Waals surface area contributed by atoms with E-state index in [1.54, 1.807) is 12.1 Å². The van der Waals surface area contributed by atoms with Crippen LogP contribution in [0.5, 0.6) is 5.75 Å². The smallest absolute Gasteiger partial charge is 0.311 e. The van der Waals surface area contributed by atoms with E-state index >= 15 is 0 Å². The lowest BCUT2D eigenvalue weighted by atomic mass is 10.2. The highest BCUT2D eigenvalue weighted by molar-refractivity contribution is 5.48. The van der Waals surface area contributed by atoms with Gasteiger partial charge in [-0.2, -0.15) is 0 Å². The third-order valence-corrected chi connectivity index (χ3v) is 3.70. The molecule has 1 aliphatic carbocycles. The van der Waals surface area contributed by atoms with E-state index < -0.39 is 4.92 Å². The van der Waals surface area contributed by atoms with E-state index in [9.17, 15) is 10.1 Å². The van der Waals surface area contributed by atoms with Crippen molar-refractivity contribution < 1.29 is 14.4 Å². The maximum atomic E-state index is 10.9. The van der Waals surface area contributed by atoms with Crippen LogP contribution in [0, 0.1) is 10.1 Å². The van der Waals surface area contributed by atoms with E-state index in [0.717, 1.165) is 12.1 Å². The quantitative estimate of drug-likeness (QED) is 0.453. The summed E-state index contributed by atoms with van der Waals surface area (Å²) in [4.78, 5) is 10.5. The van der Waals surface area contributed by atoms with Crippen LogP contribution in [0.1, 0.15) is 31.2 Å². The summed E-state index contributed by atoms with van der Waals surface area (Å²) in [6, 6.07) is 5.00. The average molecular weight is 294 g/mol. The van der Waals surface area contributed by atoms with Gasteiger partial charge in [0.15, 0.2) is 5.75 Å². The standard InChI is InChI=1S/C15H22N2O4/c1-20-15-7-6-12(10-14(15)17(18)19)11-16-8-9-21-13-4-2-3-5-13/h6-7,10,13,16H,2-5,8-9,11H2,1H3. The Hall–Kier alpha value is -1.66. The maximum absolute atomic E-state index is 10.9. The molecule has 2 rings (SSSR count). The lowest BCUT2D eigenvalue weighted by molar-refractivity contribution is -0.385. The van der Waals surface area contributed by atoms with E-state index in [-0.39, 0.29) is 11.4 Å². The summed E-state index contributed by atoms with van der Waals surface area (Å²) in [6.07, 6.45) is 5.31. The molecule has 116 valence electrons. The van der Waals surface area contributed by atoms with E-state index in [2.05, 4.69) is 5.32 Å². The topological polar surface area (TPSA) is 73.6 Å². The zero-order valence-electron chi connectivity index (χ0n) is 12.3. The molecule has 0 amide bonds. The third-order valence-electron chi connectivity index (χ3n) is 3.70. The molecule has 1 fully saturated rings. The minimum absolute atomic E-state index is 0.000921. The van der Waals surface area contributed by atoms with Crippen molar-refractivity contribution in [1.29, 1.82) is 0 Å². The Labute approximate surface area is 124 Å². The van der Waals surface area contributed by atoms with Gasteiger partial charge in [0, 0.05) is 19.2 Å². The number of methoxy groups -OCH3 is 1. The number of nitro groups is 1. The second-order valence-corrected chi connectivity index (χ2v) is 5.22. The fraction of sp³-hybridized carbons (Fsp3) is 0.600. The Morgan fingerprint density at radius 3 is 2.81 bits per heavy atom. The molecule has 0 spiro atoms. The summed E-state index contributed by atoms with van der Waals surface area (Å²) >= 11 is 0. The van der Waals surface area contributed by atoms with E-state index in [4.69, 9.17) is 9.47 Å². The monoisotopic (exact) mass is 294 g/mol. The Bertz CT molecular complexity index is 473. The first-order valence-electron chi connectivity index (χ1n) is 7.34. The number of hydrogen-bond donors (Lipinski definition) is 1. The minimum atomic E-state index is -0.425. The van der Waals surface area contributed by atoms with Crippen LogP contribution >= 0.6 is 0 Å². The van der Waals surface area contributed by atoms with Crippen molar-refractivity contribution in [2.75, 3.05) is 20.3 Å². The predicted octanol–water partition coefficient (Wildman–Crippen LogP) is 2.65. The van der Waals surface area contributed by atoms with E-state index in [0.29, 0.717) is 19.3 Å². The third kappa shape index (κ3) is 4.68. The molecule has 1 aromatic rings. The van der Waals surface area contributed by atoms with Crippen LogP contribution in [0.4, 0.5) is 5.69 Å². The molecule has 6 nitrogen and oxygen atoms in total. The molecule has 1 aromatic carbocycles. The van der Waals surface area contributed by atoms with Crippen molar-refractivity contribution in [2.45, 2.75) is 38.3 Å².